The van der Waals surface area contributed by atoms with Gasteiger partial charge < -0.3 is 0 Å². The van der Waals surface area contributed by atoms with Gasteiger partial charge in [0.15, 0.2) is 0 Å². The molecule has 0 heterocycles. The van der Waals surface area contributed by atoms with Crippen LogP contribution in [0.3, 0.4) is 0 Å². The van der Waals surface area contributed by atoms with Gasteiger partial charge in [0, 0.05) is 27.8 Å². The minimum absolute atomic E-state index is 0.677. The molecular formula is C17H40S6. The molecular weight excluding hydrogens is 397 g/mol. The SMILES string of the molecule is CCCCSS(SC)(SCC)(SCCC)(SC(C)C)C(C)CC. The zero-order valence-corrected chi connectivity index (χ0v) is 21.5. The first-order chi connectivity index (χ1) is 10.8. The highest BCUT2D eigenvalue weighted by Crippen LogP contribution is 3.24. The zero-order chi connectivity index (χ0) is 18.0. The summed E-state index contributed by atoms with van der Waals surface area (Å²) in [5.74, 6) is 3.83. The molecule has 0 amide bonds. The Kier molecular flexibility index (Phi) is 11.4. The molecule has 0 bridgehead atoms. The van der Waals surface area contributed by atoms with E-state index in [4.69, 9.17) is 0 Å². The first kappa shape index (κ1) is 25.1. The van der Waals surface area contributed by atoms with Gasteiger partial charge in [0.25, 0.3) is 0 Å². The van der Waals surface area contributed by atoms with Crippen molar-refractivity contribution in [3.63, 3.8) is 0 Å². The van der Waals surface area contributed by atoms with E-state index in [-0.39, 0.29) is 0 Å². The third kappa shape index (κ3) is 5.31. The van der Waals surface area contributed by atoms with E-state index in [0.717, 1.165) is 5.25 Å². The lowest BCUT2D eigenvalue weighted by Gasteiger charge is -2.79. The first-order valence-electron chi connectivity index (χ1n) is 9.05. The molecule has 0 fully saturated rings. The second-order valence-corrected chi connectivity index (χ2v) is 35.7. The Hall–Kier alpha value is 2.10. The van der Waals surface area contributed by atoms with Gasteiger partial charge in [0.2, 0.25) is 0 Å². The standard InChI is InChI=1S/C17H40S6/c1-9-13-15-21-23(18-8,19-12-4,17(7)11-3,20-14-10-2)22-16(5)6/h16-17H,9-15H2,1-8H3. The normalized spacial score (nSPS) is 17.1. The highest BCUT2D eigenvalue weighted by atomic mass is 34.4. The van der Waals surface area contributed by atoms with Crippen LogP contribution in [0, 0.1) is 0 Å². The first-order valence-corrected chi connectivity index (χ1v) is 19.2. The van der Waals surface area contributed by atoms with E-state index in [2.05, 4.69) is 109 Å². The number of rotatable bonds is 14. The Bertz CT molecular complexity index is 350. The monoisotopic (exact) mass is 436 g/mol. The van der Waals surface area contributed by atoms with Crippen molar-refractivity contribution in [2.45, 2.75) is 84.6 Å². The van der Waals surface area contributed by atoms with Gasteiger partial charge in [-0.25, -0.2) is 0 Å². The summed E-state index contributed by atoms with van der Waals surface area (Å²) in [7, 11) is 11.7. The molecule has 0 saturated heterocycles. The topological polar surface area (TPSA) is 0 Å². The van der Waals surface area contributed by atoms with Gasteiger partial charge in [-0.3, -0.25) is 0 Å². The summed E-state index contributed by atoms with van der Waals surface area (Å²) in [6.07, 6.45) is 7.63. The fourth-order valence-electron chi connectivity index (χ4n) is 2.66. The lowest BCUT2D eigenvalue weighted by molar-refractivity contribution is 0.896. The number of unbranched alkanes of at least 4 members (excludes halogenated alkanes) is 1. The van der Waals surface area contributed by atoms with Crippen LogP contribution in [0.5, 0.6) is 0 Å². The summed E-state index contributed by atoms with van der Waals surface area (Å²) in [6.45, 7) is 16.8. The fraction of sp³-hybridized carbons (Fsp3) is 1.00. The van der Waals surface area contributed by atoms with E-state index in [9.17, 15) is 0 Å². The van der Waals surface area contributed by atoms with Gasteiger partial charge in [-0.1, -0.05) is 112 Å². The third-order valence-electron chi connectivity index (χ3n) is 3.94. The summed E-state index contributed by atoms with van der Waals surface area (Å²) in [4.78, 5) is 0. The molecule has 144 valence electrons. The summed E-state index contributed by atoms with van der Waals surface area (Å²) in [6, 6.07) is 0. The molecule has 1 unspecified atom stereocenters. The second-order valence-electron chi connectivity index (χ2n) is 6.10. The van der Waals surface area contributed by atoms with Gasteiger partial charge >= 0.3 is 0 Å². The van der Waals surface area contributed by atoms with Crippen molar-refractivity contribution in [2.24, 2.45) is 0 Å². The fourth-order valence-corrected chi connectivity index (χ4v) is 43.7. The molecule has 0 aromatic rings. The lowest BCUT2D eigenvalue weighted by atomic mass is 10.4. The smallest absolute Gasteiger partial charge is 0.0120 e. The van der Waals surface area contributed by atoms with Gasteiger partial charge in [-0.15, -0.1) is 0 Å². The quantitative estimate of drug-likeness (QED) is 0.196. The Morgan fingerprint density at radius 1 is 0.826 bits per heavy atom. The van der Waals surface area contributed by atoms with E-state index in [0.29, 0.717) is 5.25 Å². The maximum atomic E-state index is 2.55. The number of hydrogen-bond acceptors (Lipinski definition) is 5. The minimum atomic E-state index is -2.47. The van der Waals surface area contributed by atoms with Gasteiger partial charge in [0.05, 0.1) is 0 Å². The predicted octanol–water partition coefficient (Wildman–Crippen LogP) is 9.17. The largest absolute Gasteiger partial charge is 0.0974 e. The second kappa shape index (κ2) is 10.4. The Morgan fingerprint density at radius 3 is 1.83 bits per heavy atom. The van der Waals surface area contributed by atoms with Gasteiger partial charge in [-0.05, 0) is 25.5 Å². The summed E-state index contributed by atoms with van der Waals surface area (Å²) >= 11 is 0. The van der Waals surface area contributed by atoms with E-state index in [1.165, 1.54) is 42.9 Å². The summed E-state index contributed by atoms with van der Waals surface area (Å²) in [5.41, 5.74) is 0. The van der Waals surface area contributed by atoms with Crippen LogP contribution in [0.4, 0.5) is 0 Å². The molecule has 0 aliphatic rings. The summed E-state index contributed by atoms with van der Waals surface area (Å²) in [5, 5.41) is 1.43. The molecule has 6 heteroatoms. The molecule has 23 heavy (non-hydrogen) atoms. The van der Waals surface area contributed by atoms with E-state index >= 15 is 0 Å². The van der Waals surface area contributed by atoms with Crippen molar-refractivity contribution in [3.05, 3.63) is 0 Å². The van der Waals surface area contributed by atoms with Crippen LogP contribution in [0.2, 0.25) is 0 Å². The van der Waals surface area contributed by atoms with E-state index in [1.54, 1.807) is 0 Å². The number of hydrogen-bond donors (Lipinski definition) is 0. The molecule has 0 rings (SSSR count). The molecule has 0 saturated carbocycles. The lowest BCUT2D eigenvalue weighted by Crippen LogP contribution is -2.31. The van der Waals surface area contributed by atoms with Crippen LogP contribution < -0.4 is 0 Å². The Balaban J connectivity index is 6.32. The molecule has 0 aromatic carbocycles. The van der Waals surface area contributed by atoms with Crippen molar-refractivity contribution in [3.8, 4) is 0 Å². The molecule has 0 spiro atoms. The Morgan fingerprint density at radius 2 is 1.43 bits per heavy atom. The zero-order valence-electron chi connectivity index (χ0n) is 16.6. The van der Waals surface area contributed by atoms with Gasteiger partial charge in [0.1, 0.15) is 0 Å². The van der Waals surface area contributed by atoms with Crippen molar-refractivity contribution >= 4 is 57.4 Å². The molecule has 0 aliphatic heterocycles. The molecule has 0 N–H and O–H groups in total. The van der Waals surface area contributed by atoms with Crippen LogP contribution in [-0.2, 0) is 0 Å². The predicted molar refractivity (Wildman–Crippen MR) is 132 cm³/mol. The highest BCUT2D eigenvalue weighted by molar-refractivity contribution is 9.97. The van der Waals surface area contributed by atoms with Crippen LogP contribution >= 0.6 is 57.4 Å². The van der Waals surface area contributed by atoms with Crippen LogP contribution in [0.1, 0.15) is 74.1 Å². The average molecular weight is 437 g/mol. The maximum absolute atomic E-state index is 2.55. The third-order valence-corrected chi connectivity index (χ3v) is 44.4. The van der Waals surface area contributed by atoms with Crippen molar-refractivity contribution in [2.75, 3.05) is 23.5 Å². The average Bonchev–Trinajstić information content (AvgIpc) is 2.53. The maximum Gasteiger partial charge on any atom is 0.0120 e. The van der Waals surface area contributed by atoms with Crippen molar-refractivity contribution in [1.29, 1.82) is 0 Å². The van der Waals surface area contributed by atoms with E-state index < -0.39 is 3.45 Å². The Labute approximate surface area is 164 Å². The van der Waals surface area contributed by atoms with Crippen molar-refractivity contribution < 1.29 is 0 Å². The highest BCUT2D eigenvalue weighted by Gasteiger charge is 2.65. The van der Waals surface area contributed by atoms with E-state index in [1.807, 2.05) is 0 Å². The van der Waals surface area contributed by atoms with Crippen LogP contribution in [-0.4, -0.2) is 34.0 Å². The van der Waals surface area contributed by atoms with Gasteiger partial charge in [-0.2, -0.15) is 0 Å². The molecule has 0 aromatic heterocycles. The van der Waals surface area contributed by atoms with Crippen LogP contribution in [0.25, 0.3) is 0 Å². The molecule has 0 radical (unpaired) electrons. The molecule has 1 atom stereocenters. The minimum Gasteiger partial charge on any atom is -0.0974 e. The molecule has 0 aliphatic carbocycles. The van der Waals surface area contributed by atoms with Crippen LogP contribution in [0.15, 0.2) is 0 Å². The summed E-state index contributed by atoms with van der Waals surface area (Å²) < 4.78 is -2.47. The molecule has 0 nitrogen and oxygen atoms in total. The van der Waals surface area contributed by atoms with Crippen molar-refractivity contribution in [1.82, 2.24) is 0 Å².